The molecule has 3 nitrogen and oxygen atoms in total. The molecule has 1 atom stereocenters. The number of nitrogens with zero attached hydrogens (tertiary/aromatic N) is 1. The summed E-state index contributed by atoms with van der Waals surface area (Å²) in [6.07, 6.45) is 2.48. The maximum Gasteiger partial charge on any atom is 0.157 e. The fourth-order valence-corrected chi connectivity index (χ4v) is 2.93. The van der Waals surface area contributed by atoms with Crippen molar-refractivity contribution in [1.29, 1.82) is 0 Å². The summed E-state index contributed by atoms with van der Waals surface area (Å²) in [4.78, 5) is 2.21. The smallest absolute Gasteiger partial charge is 0.157 e. The van der Waals surface area contributed by atoms with E-state index in [9.17, 15) is 0 Å². The summed E-state index contributed by atoms with van der Waals surface area (Å²) in [5.74, 6) is 1.48. The van der Waals surface area contributed by atoms with Crippen molar-refractivity contribution in [3.05, 3.63) is 51.9 Å². The van der Waals surface area contributed by atoms with Crippen LogP contribution in [-0.2, 0) is 6.54 Å². The van der Waals surface area contributed by atoms with Crippen LogP contribution in [0, 0.1) is 0 Å². The molecule has 0 N–H and O–H groups in total. The summed E-state index contributed by atoms with van der Waals surface area (Å²) in [7, 11) is 2.07. The Hall–Kier alpha value is -0.870. The Bertz CT molecular complexity index is 594. The first-order valence-electron chi connectivity index (χ1n) is 6.50. The molecule has 1 aliphatic rings. The summed E-state index contributed by atoms with van der Waals surface area (Å²) < 4.78 is 11.6. The third-order valence-electron chi connectivity index (χ3n) is 3.49. The standard InChI is InChI=1S/C15H15Cl2NO2.ClH/c1-18-7-5-13(10-6-8-19-14(10)9-18)20-15-11(16)3-2-4-12(15)17;/h2-4,6,8,13H,5,7,9H2,1H3;1H. The van der Waals surface area contributed by atoms with Gasteiger partial charge in [0, 0.05) is 18.5 Å². The summed E-state index contributed by atoms with van der Waals surface area (Å²) in [5, 5.41) is 1.06. The van der Waals surface area contributed by atoms with Crippen LogP contribution < -0.4 is 4.74 Å². The van der Waals surface area contributed by atoms with Crippen molar-refractivity contribution in [1.82, 2.24) is 4.90 Å². The van der Waals surface area contributed by atoms with Crippen LogP contribution >= 0.6 is 35.6 Å². The van der Waals surface area contributed by atoms with Crippen LogP contribution in [0.2, 0.25) is 10.0 Å². The quantitative estimate of drug-likeness (QED) is 0.766. The van der Waals surface area contributed by atoms with E-state index in [0.29, 0.717) is 15.8 Å². The van der Waals surface area contributed by atoms with Gasteiger partial charge >= 0.3 is 0 Å². The number of halogens is 3. The van der Waals surface area contributed by atoms with Gasteiger partial charge in [0.05, 0.1) is 22.9 Å². The van der Waals surface area contributed by atoms with Gasteiger partial charge in [-0.25, -0.2) is 0 Å². The first-order chi connectivity index (χ1) is 9.65. The predicted molar refractivity (Wildman–Crippen MR) is 86.7 cm³/mol. The first-order valence-corrected chi connectivity index (χ1v) is 7.26. The molecule has 0 saturated heterocycles. The lowest BCUT2D eigenvalue weighted by Gasteiger charge is -2.19. The molecule has 1 aliphatic heterocycles. The molecule has 3 rings (SSSR count). The van der Waals surface area contributed by atoms with E-state index >= 15 is 0 Å². The van der Waals surface area contributed by atoms with Gasteiger partial charge in [0.1, 0.15) is 11.9 Å². The Morgan fingerprint density at radius 1 is 1.24 bits per heavy atom. The van der Waals surface area contributed by atoms with Crippen LogP contribution in [0.3, 0.4) is 0 Å². The van der Waals surface area contributed by atoms with Gasteiger partial charge < -0.3 is 9.15 Å². The highest BCUT2D eigenvalue weighted by Crippen LogP contribution is 2.38. The number of hydrogen-bond donors (Lipinski definition) is 0. The van der Waals surface area contributed by atoms with Crippen molar-refractivity contribution in [3.63, 3.8) is 0 Å². The molecule has 1 unspecified atom stereocenters. The summed E-state index contributed by atoms with van der Waals surface area (Å²) >= 11 is 12.4. The van der Waals surface area contributed by atoms with E-state index in [1.54, 1.807) is 18.4 Å². The lowest BCUT2D eigenvalue weighted by Crippen LogP contribution is -2.18. The highest BCUT2D eigenvalue weighted by atomic mass is 35.5. The molecule has 114 valence electrons. The van der Waals surface area contributed by atoms with E-state index in [1.807, 2.05) is 12.1 Å². The van der Waals surface area contributed by atoms with E-state index in [-0.39, 0.29) is 18.5 Å². The molecule has 0 amide bonds. The molecular weight excluding hydrogens is 333 g/mol. The number of para-hydroxylation sites is 1. The molecule has 0 spiro atoms. The van der Waals surface area contributed by atoms with Crippen LogP contribution in [0.25, 0.3) is 0 Å². The molecule has 0 saturated carbocycles. The van der Waals surface area contributed by atoms with Crippen LogP contribution in [0.4, 0.5) is 0 Å². The van der Waals surface area contributed by atoms with E-state index in [2.05, 4.69) is 11.9 Å². The maximum absolute atomic E-state index is 6.18. The molecule has 2 heterocycles. The Labute approximate surface area is 140 Å². The average molecular weight is 349 g/mol. The molecule has 6 heteroatoms. The van der Waals surface area contributed by atoms with Crippen molar-refractivity contribution < 1.29 is 9.15 Å². The monoisotopic (exact) mass is 347 g/mol. The topological polar surface area (TPSA) is 25.6 Å². The zero-order valence-electron chi connectivity index (χ0n) is 11.5. The largest absolute Gasteiger partial charge is 0.482 e. The van der Waals surface area contributed by atoms with E-state index in [1.165, 1.54) is 0 Å². The van der Waals surface area contributed by atoms with E-state index in [0.717, 1.165) is 30.8 Å². The number of ether oxygens (including phenoxy) is 1. The highest BCUT2D eigenvalue weighted by molar-refractivity contribution is 6.37. The second kappa shape index (κ2) is 6.93. The number of furan rings is 1. The van der Waals surface area contributed by atoms with Crippen molar-refractivity contribution in [2.75, 3.05) is 13.6 Å². The number of fused-ring (bicyclic) bond motifs is 1. The predicted octanol–water partition coefficient (Wildman–Crippen LogP) is 4.96. The molecule has 0 bridgehead atoms. The Morgan fingerprint density at radius 3 is 2.67 bits per heavy atom. The van der Waals surface area contributed by atoms with Gasteiger partial charge in [0.15, 0.2) is 5.75 Å². The zero-order valence-corrected chi connectivity index (χ0v) is 13.8. The van der Waals surface area contributed by atoms with Crippen LogP contribution in [0.5, 0.6) is 5.75 Å². The summed E-state index contributed by atoms with van der Waals surface area (Å²) in [6.45, 7) is 1.72. The van der Waals surface area contributed by atoms with Gasteiger partial charge in [0.2, 0.25) is 0 Å². The van der Waals surface area contributed by atoms with Crippen LogP contribution in [0.1, 0.15) is 23.8 Å². The fraction of sp³-hybridized carbons (Fsp3) is 0.333. The molecule has 1 aromatic heterocycles. The Balaban J connectivity index is 0.00000161. The van der Waals surface area contributed by atoms with Crippen LogP contribution in [0.15, 0.2) is 34.9 Å². The number of rotatable bonds is 2. The first kappa shape index (κ1) is 16.5. The molecule has 21 heavy (non-hydrogen) atoms. The molecule has 0 fully saturated rings. The fourth-order valence-electron chi connectivity index (χ4n) is 2.44. The zero-order chi connectivity index (χ0) is 14.1. The van der Waals surface area contributed by atoms with Crippen LogP contribution in [-0.4, -0.2) is 18.5 Å². The molecule has 0 radical (unpaired) electrons. The lowest BCUT2D eigenvalue weighted by molar-refractivity contribution is 0.183. The van der Waals surface area contributed by atoms with Gasteiger partial charge in [-0.2, -0.15) is 0 Å². The summed E-state index contributed by atoms with van der Waals surface area (Å²) in [5.41, 5.74) is 1.07. The third kappa shape index (κ3) is 3.49. The van der Waals surface area contributed by atoms with E-state index < -0.39 is 0 Å². The van der Waals surface area contributed by atoms with Gasteiger partial charge in [-0.05, 0) is 25.2 Å². The maximum atomic E-state index is 6.18. The van der Waals surface area contributed by atoms with Crippen molar-refractivity contribution in [2.45, 2.75) is 19.1 Å². The average Bonchev–Trinajstić information content (AvgIpc) is 2.80. The molecule has 2 aromatic rings. The minimum absolute atomic E-state index is 0. The van der Waals surface area contributed by atoms with Gasteiger partial charge in [-0.3, -0.25) is 4.90 Å². The van der Waals surface area contributed by atoms with Gasteiger partial charge in [-0.1, -0.05) is 29.3 Å². The minimum atomic E-state index is -0.0916. The second-order valence-corrected chi connectivity index (χ2v) is 5.80. The van der Waals surface area contributed by atoms with Crippen molar-refractivity contribution >= 4 is 35.6 Å². The molecular formula is C15H16Cl3NO2. The molecule has 1 aromatic carbocycles. The van der Waals surface area contributed by atoms with E-state index in [4.69, 9.17) is 32.4 Å². The van der Waals surface area contributed by atoms with Gasteiger partial charge in [-0.15, -0.1) is 12.4 Å². The number of hydrogen-bond acceptors (Lipinski definition) is 3. The highest BCUT2D eigenvalue weighted by Gasteiger charge is 2.25. The normalized spacial score (nSPS) is 18.5. The Morgan fingerprint density at radius 2 is 1.95 bits per heavy atom. The van der Waals surface area contributed by atoms with Crippen molar-refractivity contribution in [2.24, 2.45) is 0 Å². The lowest BCUT2D eigenvalue weighted by atomic mass is 10.1. The van der Waals surface area contributed by atoms with Gasteiger partial charge in [0.25, 0.3) is 0 Å². The minimum Gasteiger partial charge on any atom is -0.482 e. The SMILES string of the molecule is CN1CCC(Oc2c(Cl)cccc2Cl)c2ccoc2C1.Cl. The van der Waals surface area contributed by atoms with Crippen molar-refractivity contribution in [3.8, 4) is 5.75 Å². The third-order valence-corrected chi connectivity index (χ3v) is 4.09. The second-order valence-electron chi connectivity index (χ2n) is 4.98. The number of benzene rings is 1. The molecule has 0 aliphatic carbocycles. The summed E-state index contributed by atoms with van der Waals surface area (Å²) in [6, 6.07) is 7.33. The Kier molecular flexibility index (Phi) is 5.44.